The second kappa shape index (κ2) is 8.11. The number of piperidine rings is 1. The summed E-state index contributed by atoms with van der Waals surface area (Å²) in [4.78, 5) is 6.88. The maximum atomic E-state index is 13.6. The Morgan fingerprint density at radius 2 is 2.23 bits per heavy atom. The van der Waals surface area contributed by atoms with E-state index in [2.05, 4.69) is 22.1 Å². The molecule has 0 aliphatic carbocycles. The van der Waals surface area contributed by atoms with Crippen LogP contribution in [0.3, 0.4) is 0 Å². The molecule has 2 rings (SSSR count). The number of rotatable bonds is 4. The molecule has 1 aromatic rings. The summed E-state index contributed by atoms with van der Waals surface area (Å²) in [6, 6.07) is 3.71. The topological polar surface area (TPSA) is 27.6 Å². The standard InChI is InChI=1S/C17H25F2N3/c1-3-20-17(22-10-4-5-13(2)12-22)21-9-8-14-6-7-15(18)11-16(14)19/h6-7,11,13H,3-5,8-10,12H2,1-2H3,(H,20,21). The van der Waals surface area contributed by atoms with E-state index in [0.717, 1.165) is 31.7 Å². The zero-order valence-corrected chi connectivity index (χ0v) is 13.4. The molecular formula is C17H25F2N3. The highest BCUT2D eigenvalue weighted by Crippen LogP contribution is 2.15. The lowest BCUT2D eigenvalue weighted by Gasteiger charge is -2.33. The number of aliphatic imine (C=N–C) groups is 1. The van der Waals surface area contributed by atoms with Gasteiger partial charge >= 0.3 is 0 Å². The van der Waals surface area contributed by atoms with Crippen molar-refractivity contribution in [3.8, 4) is 0 Å². The number of nitrogens with one attached hydrogen (secondary N) is 1. The molecule has 0 bridgehead atoms. The lowest BCUT2D eigenvalue weighted by molar-refractivity contribution is 0.266. The Morgan fingerprint density at radius 1 is 1.41 bits per heavy atom. The zero-order chi connectivity index (χ0) is 15.9. The number of nitrogens with zero attached hydrogens (tertiary/aromatic N) is 2. The molecular weight excluding hydrogens is 284 g/mol. The van der Waals surface area contributed by atoms with Gasteiger partial charge in [-0.05, 0) is 43.7 Å². The molecule has 5 heteroatoms. The third-order valence-corrected chi connectivity index (χ3v) is 3.95. The molecule has 1 aliphatic heterocycles. The van der Waals surface area contributed by atoms with Gasteiger partial charge in [-0.2, -0.15) is 0 Å². The van der Waals surface area contributed by atoms with E-state index in [-0.39, 0.29) is 0 Å². The number of guanidine groups is 1. The molecule has 0 radical (unpaired) electrons. The van der Waals surface area contributed by atoms with Crippen LogP contribution >= 0.6 is 0 Å². The van der Waals surface area contributed by atoms with E-state index in [0.29, 0.717) is 24.4 Å². The Bertz CT molecular complexity index is 517. The van der Waals surface area contributed by atoms with Gasteiger partial charge < -0.3 is 10.2 Å². The largest absolute Gasteiger partial charge is 0.357 e. The lowest BCUT2D eigenvalue weighted by atomic mass is 10.0. The van der Waals surface area contributed by atoms with Crippen molar-refractivity contribution in [3.63, 3.8) is 0 Å². The lowest BCUT2D eigenvalue weighted by Crippen LogP contribution is -2.46. The molecule has 0 amide bonds. The SMILES string of the molecule is CCNC(=NCCc1ccc(F)cc1F)N1CCCC(C)C1. The van der Waals surface area contributed by atoms with Crippen LogP contribution < -0.4 is 5.32 Å². The smallest absolute Gasteiger partial charge is 0.193 e. The fraction of sp³-hybridized carbons (Fsp3) is 0.588. The molecule has 122 valence electrons. The van der Waals surface area contributed by atoms with Crippen molar-refractivity contribution in [2.45, 2.75) is 33.1 Å². The Balaban J connectivity index is 1.97. The van der Waals surface area contributed by atoms with E-state index < -0.39 is 11.6 Å². The van der Waals surface area contributed by atoms with Crippen LogP contribution in [0.5, 0.6) is 0 Å². The predicted octanol–water partition coefficient (Wildman–Crippen LogP) is 3.20. The first kappa shape index (κ1) is 16.7. The molecule has 0 saturated carbocycles. The number of hydrogen-bond donors (Lipinski definition) is 1. The molecule has 1 N–H and O–H groups in total. The molecule has 1 aliphatic rings. The van der Waals surface area contributed by atoms with Crippen molar-refractivity contribution in [3.05, 3.63) is 35.4 Å². The number of halogens is 2. The van der Waals surface area contributed by atoms with Crippen LogP contribution in [0.1, 0.15) is 32.3 Å². The Labute approximate surface area is 131 Å². The highest BCUT2D eigenvalue weighted by atomic mass is 19.1. The molecule has 0 spiro atoms. The third kappa shape index (κ3) is 4.68. The monoisotopic (exact) mass is 309 g/mol. The van der Waals surface area contributed by atoms with E-state index in [4.69, 9.17) is 0 Å². The molecule has 22 heavy (non-hydrogen) atoms. The molecule has 1 unspecified atom stereocenters. The summed E-state index contributed by atoms with van der Waals surface area (Å²) >= 11 is 0. The maximum Gasteiger partial charge on any atom is 0.193 e. The zero-order valence-electron chi connectivity index (χ0n) is 13.4. The molecule has 1 heterocycles. The van der Waals surface area contributed by atoms with Crippen molar-refractivity contribution in [2.24, 2.45) is 10.9 Å². The first-order valence-electron chi connectivity index (χ1n) is 8.07. The minimum absolute atomic E-state index is 0.477. The van der Waals surface area contributed by atoms with Crippen LogP contribution in [0.2, 0.25) is 0 Å². The molecule has 1 aromatic carbocycles. The van der Waals surface area contributed by atoms with Gasteiger partial charge in [0.15, 0.2) is 5.96 Å². The van der Waals surface area contributed by atoms with Gasteiger partial charge in [0.1, 0.15) is 11.6 Å². The van der Waals surface area contributed by atoms with Crippen LogP contribution in [0.15, 0.2) is 23.2 Å². The van der Waals surface area contributed by atoms with Crippen molar-refractivity contribution in [1.29, 1.82) is 0 Å². The van der Waals surface area contributed by atoms with Crippen LogP contribution in [0.25, 0.3) is 0 Å². The van der Waals surface area contributed by atoms with Gasteiger partial charge in [-0.25, -0.2) is 8.78 Å². The van der Waals surface area contributed by atoms with Gasteiger partial charge in [0.25, 0.3) is 0 Å². The first-order chi connectivity index (χ1) is 10.6. The highest BCUT2D eigenvalue weighted by Gasteiger charge is 2.18. The predicted molar refractivity (Wildman–Crippen MR) is 86.0 cm³/mol. The van der Waals surface area contributed by atoms with Gasteiger partial charge in [0.05, 0.1) is 0 Å². The first-order valence-corrected chi connectivity index (χ1v) is 8.07. The fourth-order valence-corrected chi connectivity index (χ4v) is 2.81. The summed E-state index contributed by atoms with van der Waals surface area (Å²) in [5.41, 5.74) is 0.507. The number of benzene rings is 1. The van der Waals surface area contributed by atoms with Gasteiger partial charge in [-0.15, -0.1) is 0 Å². The quantitative estimate of drug-likeness (QED) is 0.683. The van der Waals surface area contributed by atoms with E-state index in [1.807, 2.05) is 6.92 Å². The van der Waals surface area contributed by atoms with Crippen molar-refractivity contribution >= 4 is 5.96 Å². The average Bonchev–Trinajstić information content (AvgIpc) is 2.48. The summed E-state index contributed by atoms with van der Waals surface area (Å²) < 4.78 is 26.5. The van der Waals surface area contributed by atoms with Crippen LogP contribution in [0.4, 0.5) is 8.78 Å². The van der Waals surface area contributed by atoms with Gasteiger partial charge in [0, 0.05) is 32.2 Å². The van der Waals surface area contributed by atoms with E-state index in [1.54, 1.807) is 0 Å². The van der Waals surface area contributed by atoms with E-state index in [9.17, 15) is 8.78 Å². The van der Waals surface area contributed by atoms with Gasteiger partial charge in [-0.3, -0.25) is 4.99 Å². The molecule has 3 nitrogen and oxygen atoms in total. The van der Waals surface area contributed by atoms with E-state index >= 15 is 0 Å². The molecule has 1 fully saturated rings. The van der Waals surface area contributed by atoms with Crippen LogP contribution in [0, 0.1) is 17.6 Å². The highest BCUT2D eigenvalue weighted by molar-refractivity contribution is 5.80. The Kier molecular flexibility index (Phi) is 6.16. The van der Waals surface area contributed by atoms with Gasteiger partial charge in [-0.1, -0.05) is 13.0 Å². The van der Waals surface area contributed by atoms with Crippen LogP contribution in [-0.2, 0) is 6.42 Å². The number of likely N-dealkylation sites (tertiary alicyclic amines) is 1. The second-order valence-electron chi connectivity index (χ2n) is 5.91. The van der Waals surface area contributed by atoms with Gasteiger partial charge in [0.2, 0.25) is 0 Å². The summed E-state index contributed by atoms with van der Waals surface area (Å²) in [7, 11) is 0. The molecule has 1 saturated heterocycles. The normalized spacial score (nSPS) is 19.4. The summed E-state index contributed by atoms with van der Waals surface area (Å²) in [5, 5.41) is 3.31. The molecule has 1 atom stereocenters. The number of hydrogen-bond acceptors (Lipinski definition) is 1. The van der Waals surface area contributed by atoms with Crippen molar-refractivity contribution in [2.75, 3.05) is 26.2 Å². The van der Waals surface area contributed by atoms with E-state index in [1.165, 1.54) is 25.0 Å². The minimum Gasteiger partial charge on any atom is -0.357 e. The van der Waals surface area contributed by atoms with Crippen molar-refractivity contribution in [1.82, 2.24) is 10.2 Å². The molecule has 0 aromatic heterocycles. The average molecular weight is 309 g/mol. The second-order valence-corrected chi connectivity index (χ2v) is 5.91. The minimum atomic E-state index is -0.541. The maximum absolute atomic E-state index is 13.6. The fourth-order valence-electron chi connectivity index (χ4n) is 2.81. The third-order valence-electron chi connectivity index (χ3n) is 3.95. The summed E-state index contributed by atoms with van der Waals surface area (Å²) in [5.74, 6) is 0.538. The Hall–Kier alpha value is -1.65. The Morgan fingerprint density at radius 3 is 2.91 bits per heavy atom. The van der Waals surface area contributed by atoms with Crippen LogP contribution in [-0.4, -0.2) is 37.0 Å². The summed E-state index contributed by atoms with van der Waals surface area (Å²) in [6.07, 6.45) is 2.92. The van der Waals surface area contributed by atoms with Crippen molar-refractivity contribution < 1.29 is 8.78 Å². The summed E-state index contributed by atoms with van der Waals surface area (Å²) in [6.45, 7) is 7.63.